The lowest BCUT2D eigenvalue weighted by molar-refractivity contribution is -0.215. The van der Waals surface area contributed by atoms with Crippen molar-refractivity contribution in [1.29, 1.82) is 5.26 Å². The molecule has 0 heterocycles. The number of benzene rings is 2. The molecule has 2 unspecified atom stereocenters. The molecule has 7 heteroatoms. The Bertz CT molecular complexity index is 857. The maximum atomic E-state index is 14.2. The third-order valence-electron chi connectivity index (χ3n) is 4.54. The largest absolute Gasteiger partial charge is 0.497 e. The van der Waals surface area contributed by atoms with Gasteiger partial charge in [-0.25, -0.2) is 0 Å². The van der Waals surface area contributed by atoms with Crippen LogP contribution in [0, 0.1) is 11.3 Å². The lowest BCUT2D eigenvalue weighted by Gasteiger charge is -2.38. The first-order valence-corrected chi connectivity index (χ1v) is 7.77. The number of nitrogens with zero attached hydrogens (tertiary/aromatic N) is 1. The Balaban J connectivity index is 2.81. The fourth-order valence-electron chi connectivity index (χ4n) is 3.13. The first-order valence-electron chi connectivity index (χ1n) is 7.77. The van der Waals surface area contributed by atoms with E-state index < -0.39 is 29.9 Å². The molecule has 0 saturated carbocycles. The molecule has 138 valence electrons. The Morgan fingerprint density at radius 2 is 1.92 bits per heavy atom. The molecule has 0 bridgehead atoms. The van der Waals surface area contributed by atoms with Gasteiger partial charge in [-0.1, -0.05) is 24.3 Å². The number of nitriles is 1. The standard InChI is InChI=1S/C19H18F3NO3/c1-18(19(20,21)22,17(26-3)16(24)9-10-23)15-6-4-5-12-7-8-13(25-2)11-14(12)15/h4-8,11,17H,9H2,1-3H3. The maximum absolute atomic E-state index is 14.2. The number of ether oxygens (including phenoxy) is 2. The average Bonchev–Trinajstić information content (AvgIpc) is 2.60. The van der Waals surface area contributed by atoms with Crippen LogP contribution in [0.2, 0.25) is 0 Å². The fraction of sp³-hybridized carbons (Fsp3) is 0.368. The zero-order valence-electron chi connectivity index (χ0n) is 14.6. The summed E-state index contributed by atoms with van der Waals surface area (Å²) in [5.41, 5.74) is -2.75. The lowest BCUT2D eigenvalue weighted by Crippen LogP contribution is -2.53. The van der Waals surface area contributed by atoms with Gasteiger partial charge in [0, 0.05) is 7.11 Å². The monoisotopic (exact) mass is 365 g/mol. The van der Waals surface area contributed by atoms with Crippen LogP contribution in [0.1, 0.15) is 18.9 Å². The van der Waals surface area contributed by atoms with Gasteiger partial charge in [-0.15, -0.1) is 0 Å². The van der Waals surface area contributed by atoms with Crippen molar-refractivity contribution in [2.75, 3.05) is 14.2 Å². The van der Waals surface area contributed by atoms with E-state index in [1.165, 1.54) is 25.3 Å². The highest BCUT2D eigenvalue weighted by molar-refractivity contribution is 5.91. The summed E-state index contributed by atoms with van der Waals surface area (Å²) in [6, 6.07) is 10.9. The second kappa shape index (κ2) is 7.34. The topological polar surface area (TPSA) is 59.3 Å². The maximum Gasteiger partial charge on any atom is 0.401 e. The predicted octanol–water partition coefficient (Wildman–Crippen LogP) is 4.17. The summed E-state index contributed by atoms with van der Waals surface area (Å²) in [5.74, 6) is -0.526. The van der Waals surface area contributed by atoms with Gasteiger partial charge < -0.3 is 9.47 Å². The molecule has 2 aromatic carbocycles. The van der Waals surface area contributed by atoms with Crippen molar-refractivity contribution in [1.82, 2.24) is 0 Å². The molecule has 0 saturated heterocycles. The van der Waals surface area contributed by atoms with Crippen LogP contribution in [0.4, 0.5) is 13.2 Å². The second-order valence-electron chi connectivity index (χ2n) is 6.01. The fourth-order valence-corrected chi connectivity index (χ4v) is 3.13. The molecule has 2 rings (SSSR count). The van der Waals surface area contributed by atoms with Gasteiger partial charge in [0.05, 0.1) is 19.6 Å². The summed E-state index contributed by atoms with van der Waals surface area (Å²) >= 11 is 0. The van der Waals surface area contributed by atoms with E-state index in [4.69, 9.17) is 14.7 Å². The molecule has 0 N–H and O–H groups in total. The normalized spacial score (nSPS) is 15.1. The van der Waals surface area contributed by atoms with Crippen LogP contribution in [0.25, 0.3) is 10.8 Å². The molecule has 4 nitrogen and oxygen atoms in total. The number of carbonyl (C=O) groups excluding carboxylic acids is 1. The van der Waals surface area contributed by atoms with Gasteiger partial charge in [0.25, 0.3) is 0 Å². The minimum absolute atomic E-state index is 0.112. The number of carbonyl (C=O) groups is 1. The highest BCUT2D eigenvalue weighted by Gasteiger charge is 2.60. The third kappa shape index (κ3) is 3.25. The van der Waals surface area contributed by atoms with Crippen molar-refractivity contribution in [3.63, 3.8) is 0 Å². The molecule has 0 aliphatic heterocycles. The summed E-state index contributed by atoms with van der Waals surface area (Å²) in [7, 11) is 2.46. The Kier molecular flexibility index (Phi) is 5.57. The van der Waals surface area contributed by atoms with Gasteiger partial charge in [0.15, 0.2) is 5.78 Å². The number of hydrogen-bond acceptors (Lipinski definition) is 4. The number of methoxy groups -OCH3 is 2. The quantitative estimate of drug-likeness (QED) is 0.771. The van der Waals surface area contributed by atoms with Crippen molar-refractivity contribution < 1.29 is 27.4 Å². The number of alkyl halides is 3. The predicted molar refractivity (Wildman–Crippen MR) is 89.9 cm³/mol. The Hall–Kier alpha value is -2.59. The van der Waals surface area contributed by atoms with Gasteiger partial charge in [-0.2, -0.15) is 18.4 Å². The van der Waals surface area contributed by atoms with Gasteiger partial charge in [0.2, 0.25) is 0 Å². The molecule has 0 fully saturated rings. The van der Waals surface area contributed by atoms with Crippen molar-refractivity contribution in [3.8, 4) is 11.8 Å². The second-order valence-corrected chi connectivity index (χ2v) is 6.01. The smallest absolute Gasteiger partial charge is 0.401 e. The zero-order chi connectivity index (χ0) is 19.5. The van der Waals surface area contributed by atoms with Crippen molar-refractivity contribution in [3.05, 3.63) is 42.0 Å². The minimum Gasteiger partial charge on any atom is -0.497 e. The molecule has 0 aliphatic rings. The van der Waals surface area contributed by atoms with E-state index in [0.717, 1.165) is 14.0 Å². The van der Waals surface area contributed by atoms with Crippen LogP contribution in [-0.4, -0.2) is 32.3 Å². The molecule has 2 aromatic rings. The Morgan fingerprint density at radius 1 is 1.23 bits per heavy atom. The van der Waals surface area contributed by atoms with Crippen LogP contribution >= 0.6 is 0 Å². The van der Waals surface area contributed by atoms with E-state index in [1.54, 1.807) is 24.3 Å². The highest BCUT2D eigenvalue weighted by Crippen LogP contribution is 2.47. The molecule has 0 aliphatic carbocycles. The van der Waals surface area contributed by atoms with E-state index in [-0.39, 0.29) is 5.56 Å². The number of rotatable bonds is 6. The third-order valence-corrected chi connectivity index (χ3v) is 4.54. The van der Waals surface area contributed by atoms with Gasteiger partial charge in [-0.05, 0) is 35.4 Å². The highest BCUT2D eigenvalue weighted by atomic mass is 19.4. The van der Waals surface area contributed by atoms with E-state index in [1.807, 2.05) is 0 Å². The van der Waals surface area contributed by atoms with Crippen LogP contribution in [-0.2, 0) is 14.9 Å². The summed E-state index contributed by atoms with van der Waals surface area (Å²) < 4.78 is 52.7. The molecule has 0 aromatic heterocycles. The van der Waals surface area contributed by atoms with Crippen LogP contribution in [0.15, 0.2) is 36.4 Å². The molecular weight excluding hydrogens is 347 g/mol. The number of fused-ring (bicyclic) bond motifs is 1. The summed E-state index contributed by atoms with van der Waals surface area (Å²) in [6.07, 6.45) is -7.31. The van der Waals surface area contributed by atoms with Crippen LogP contribution < -0.4 is 4.74 Å². The van der Waals surface area contributed by atoms with Gasteiger partial charge >= 0.3 is 6.18 Å². The molecule has 0 amide bonds. The summed E-state index contributed by atoms with van der Waals surface area (Å²) in [4.78, 5) is 12.2. The molecule has 0 spiro atoms. The lowest BCUT2D eigenvalue weighted by atomic mass is 9.73. The molecule has 26 heavy (non-hydrogen) atoms. The first-order chi connectivity index (χ1) is 12.2. The number of halogens is 3. The average molecular weight is 365 g/mol. The van der Waals surface area contributed by atoms with E-state index in [0.29, 0.717) is 16.5 Å². The van der Waals surface area contributed by atoms with Gasteiger partial charge in [0.1, 0.15) is 17.3 Å². The SMILES string of the molecule is COc1ccc2cccc(C(C)(C(OC)C(=O)CC#N)C(F)(F)F)c2c1. The van der Waals surface area contributed by atoms with E-state index in [9.17, 15) is 18.0 Å². The number of ketones is 1. The van der Waals surface area contributed by atoms with E-state index >= 15 is 0 Å². The molecule has 0 radical (unpaired) electrons. The summed E-state index contributed by atoms with van der Waals surface area (Å²) in [5, 5.41) is 9.61. The minimum atomic E-state index is -4.80. The van der Waals surface area contributed by atoms with E-state index in [2.05, 4.69) is 0 Å². The summed E-state index contributed by atoms with van der Waals surface area (Å²) in [6.45, 7) is 0.921. The van der Waals surface area contributed by atoms with Crippen molar-refractivity contribution in [2.24, 2.45) is 0 Å². The van der Waals surface area contributed by atoms with Crippen LogP contribution in [0.5, 0.6) is 5.75 Å². The number of Topliss-reactive ketones (excluding diaryl/α,β-unsaturated/α-hetero) is 1. The Morgan fingerprint density at radius 3 is 2.46 bits per heavy atom. The van der Waals surface area contributed by atoms with Crippen molar-refractivity contribution >= 4 is 16.6 Å². The molecule has 2 atom stereocenters. The van der Waals surface area contributed by atoms with Gasteiger partial charge in [-0.3, -0.25) is 4.79 Å². The van der Waals surface area contributed by atoms with Crippen LogP contribution in [0.3, 0.4) is 0 Å². The molecular formula is C19H18F3NO3. The van der Waals surface area contributed by atoms with Crippen molar-refractivity contribution in [2.45, 2.75) is 31.0 Å². The first kappa shape index (κ1) is 19.7. The zero-order valence-corrected chi connectivity index (χ0v) is 14.6. The Labute approximate surface area is 149 Å². The number of hydrogen-bond donors (Lipinski definition) is 0.